The van der Waals surface area contributed by atoms with Gasteiger partial charge in [0, 0.05) is 19.3 Å². The zero-order valence-corrected chi connectivity index (χ0v) is 55.4. The smallest absolute Gasteiger partial charge is 0.306 e. The third-order valence-corrected chi connectivity index (χ3v) is 17.3. The van der Waals surface area contributed by atoms with Crippen molar-refractivity contribution < 1.29 is 28.6 Å². The molecule has 0 saturated carbocycles. The van der Waals surface area contributed by atoms with E-state index in [1.807, 2.05) is 0 Å². The summed E-state index contributed by atoms with van der Waals surface area (Å²) in [5.74, 6) is -0.837. The van der Waals surface area contributed by atoms with Crippen LogP contribution in [0.1, 0.15) is 432 Å². The van der Waals surface area contributed by atoms with Gasteiger partial charge in [-0.2, -0.15) is 0 Å². The predicted molar refractivity (Wildman–Crippen MR) is 353 cm³/mol. The van der Waals surface area contributed by atoms with Gasteiger partial charge in [-0.25, -0.2) is 0 Å². The quantitative estimate of drug-likeness (QED) is 0.0261. The van der Waals surface area contributed by atoms with Gasteiger partial charge in [0.2, 0.25) is 0 Å². The first kappa shape index (κ1) is 79.2. The number of carbonyl (C=O) groups excluding carboxylic acids is 3. The van der Waals surface area contributed by atoms with E-state index in [1.165, 1.54) is 334 Å². The van der Waals surface area contributed by atoms with Gasteiger partial charge in [0.05, 0.1) is 0 Å². The van der Waals surface area contributed by atoms with Crippen LogP contribution in [0.4, 0.5) is 0 Å². The first-order valence-electron chi connectivity index (χ1n) is 37.2. The van der Waals surface area contributed by atoms with E-state index in [4.69, 9.17) is 14.2 Å². The summed E-state index contributed by atoms with van der Waals surface area (Å²) in [5.41, 5.74) is 0. The molecule has 0 amide bonds. The van der Waals surface area contributed by atoms with Crippen molar-refractivity contribution in [1.82, 2.24) is 0 Å². The van der Waals surface area contributed by atoms with Crippen molar-refractivity contribution in [2.24, 2.45) is 0 Å². The summed E-state index contributed by atoms with van der Waals surface area (Å²) >= 11 is 0. The van der Waals surface area contributed by atoms with Gasteiger partial charge in [0.25, 0.3) is 0 Å². The van der Waals surface area contributed by atoms with Crippen LogP contribution in [0.2, 0.25) is 0 Å². The number of hydrogen-bond acceptors (Lipinski definition) is 6. The summed E-state index contributed by atoms with van der Waals surface area (Å²) in [6.07, 6.45) is 85.6. The molecule has 0 aliphatic rings. The lowest BCUT2D eigenvalue weighted by atomic mass is 10.0. The van der Waals surface area contributed by atoms with Crippen molar-refractivity contribution in [3.8, 4) is 0 Å². The summed E-state index contributed by atoms with van der Waals surface area (Å²) in [6.45, 7) is 6.71. The molecule has 81 heavy (non-hydrogen) atoms. The maximum atomic E-state index is 12.9. The molecule has 0 rings (SSSR count). The van der Waals surface area contributed by atoms with E-state index in [9.17, 15) is 14.4 Å². The zero-order valence-electron chi connectivity index (χ0n) is 55.4. The monoisotopic (exact) mass is 1140 g/mol. The van der Waals surface area contributed by atoms with Crippen molar-refractivity contribution >= 4 is 17.9 Å². The van der Waals surface area contributed by atoms with Gasteiger partial charge in [0.15, 0.2) is 6.10 Å². The Balaban J connectivity index is 4.02. The van der Waals surface area contributed by atoms with Crippen LogP contribution >= 0.6 is 0 Å². The average Bonchev–Trinajstić information content (AvgIpc) is 3.47. The highest BCUT2D eigenvalue weighted by Gasteiger charge is 2.20. The fourth-order valence-corrected chi connectivity index (χ4v) is 11.7. The maximum Gasteiger partial charge on any atom is 0.306 e. The van der Waals surface area contributed by atoms with E-state index in [2.05, 4.69) is 32.9 Å². The fourth-order valence-electron chi connectivity index (χ4n) is 11.7. The van der Waals surface area contributed by atoms with Gasteiger partial charge in [0.1, 0.15) is 13.2 Å². The molecule has 0 aliphatic carbocycles. The Morgan fingerprint density at radius 2 is 0.407 bits per heavy atom. The number of unbranched alkanes of at least 4 members (excludes halogenated alkanes) is 57. The maximum absolute atomic E-state index is 12.9. The third-order valence-electron chi connectivity index (χ3n) is 17.3. The molecule has 0 fully saturated rings. The lowest BCUT2D eigenvalue weighted by Gasteiger charge is -2.18. The number of carbonyl (C=O) groups is 3. The van der Waals surface area contributed by atoms with E-state index in [0.717, 1.165) is 57.8 Å². The van der Waals surface area contributed by atoms with Crippen molar-refractivity contribution in [3.63, 3.8) is 0 Å². The highest BCUT2D eigenvalue weighted by Crippen LogP contribution is 2.20. The second-order valence-corrected chi connectivity index (χ2v) is 25.6. The number of allylic oxidation sites excluding steroid dienone is 2. The van der Waals surface area contributed by atoms with Gasteiger partial charge in [-0.3, -0.25) is 14.4 Å². The Labute approximate surface area is 507 Å². The van der Waals surface area contributed by atoms with Crippen LogP contribution in [0.25, 0.3) is 0 Å². The molecule has 0 radical (unpaired) electrons. The van der Waals surface area contributed by atoms with Gasteiger partial charge in [-0.05, 0) is 44.9 Å². The topological polar surface area (TPSA) is 78.9 Å². The minimum atomic E-state index is -0.768. The highest BCUT2D eigenvalue weighted by atomic mass is 16.6. The fraction of sp³-hybridized carbons (Fsp3) is 0.933. The van der Waals surface area contributed by atoms with E-state index >= 15 is 0 Å². The summed E-state index contributed by atoms with van der Waals surface area (Å²) < 4.78 is 17.0. The Bertz CT molecular complexity index is 1260. The SMILES string of the molecule is CCCCCCCCC/C=C\CCCCCCCCCC(=O)OC(COC(=O)CCCCCCCCCCCCC)COC(=O)CCCCCCCCCCCCCCCCCCCCCCCCCCCCCCCCCCCC. The zero-order chi connectivity index (χ0) is 58.5. The van der Waals surface area contributed by atoms with Gasteiger partial charge >= 0.3 is 17.9 Å². The standard InChI is InChI=1S/C75H144O6/c1-4-7-10-13-16-19-22-24-26-28-30-31-32-33-34-35-36-37-38-39-40-41-42-43-44-45-47-48-50-53-56-59-62-65-68-74(77)80-71-72(70-79-73(76)67-64-61-58-55-52-21-18-15-12-9-6-3)81-75(78)69-66-63-60-57-54-51-49-46-29-27-25-23-20-17-14-11-8-5-2/h27,29,72H,4-26,28,30-71H2,1-3H3/b29-27-. The summed E-state index contributed by atoms with van der Waals surface area (Å²) in [5, 5.41) is 0. The van der Waals surface area contributed by atoms with Crippen molar-refractivity contribution in [1.29, 1.82) is 0 Å². The first-order valence-corrected chi connectivity index (χ1v) is 37.2. The molecule has 480 valence electrons. The van der Waals surface area contributed by atoms with Gasteiger partial charge < -0.3 is 14.2 Å². The molecule has 0 bridgehead atoms. The van der Waals surface area contributed by atoms with Crippen LogP contribution in [-0.4, -0.2) is 37.2 Å². The van der Waals surface area contributed by atoms with E-state index in [-0.39, 0.29) is 31.1 Å². The van der Waals surface area contributed by atoms with E-state index in [1.54, 1.807) is 0 Å². The molecular formula is C75H144O6. The largest absolute Gasteiger partial charge is 0.462 e. The molecule has 0 N–H and O–H groups in total. The number of esters is 3. The van der Waals surface area contributed by atoms with Crippen LogP contribution < -0.4 is 0 Å². The Morgan fingerprint density at radius 1 is 0.235 bits per heavy atom. The minimum absolute atomic E-state index is 0.0652. The normalized spacial score (nSPS) is 12.0. The summed E-state index contributed by atoms with van der Waals surface area (Å²) in [4.78, 5) is 38.3. The third kappa shape index (κ3) is 68.8. The second kappa shape index (κ2) is 70.6. The lowest BCUT2D eigenvalue weighted by Crippen LogP contribution is -2.30. The van der Waals surface area contributed by atoms with Crippen LogP contribution in [0.3, 0.4) is 0 Å². The molecule has 0 aromatic rings. The first-order chi connectivity index (χ1) is 40.0. The van der Waals surface area contributed by atoms with Gasteiger partial charge in [-0.15, -0.1) is 0 Å². The Kier molecular flexibility index (Phi) is 69.0. The predicted octanol–water partition coefficient (Wildman–Crippen LogP) is 25.6. The van der Waals surface area contributed by atoms with Gasteiger partial charge in [-0.1, -0.05) is 380 Å². The van der Waals surface area contributed by atoms with Crippen molar-refractivity contribution in [3.05, 3.63) is 12.2 Å². The molecule has 6 heteroatoms. The molecule has 6 nitrogen and oxygen atoms in total. The van der Waals surface area contributed by atoms with Crippen LogP contribution in [-0.2, 0) is 28.6 Å². The average molecular weight is 1140 g/mol. The lowest BCUT2D eigenvalue weighted by molar-refractivity contribution is -0.167. The minimum Gasteiger partial charge on any atom is -0.462 e. The van der Waals surface area contributed by atoms with Crippen LogP contribution in [0.15, 0.2) is 12.2 Å². The molecule has 0 spiro atoms. The molecule has 0 saturated heterocycles. The Hall–Kier alpha value is -1.85. The number of rotatable bonds is 70. The number of ether oxygens (including phenoxy) is 3. The van der Waals surface area contributed by atoms with E-state index in [0.29, 0.717) is 19.3 Å². The van der Waals surface area contributed by atoms with E-state index < -0.39 is 6.10 Å². The molecule has 0 heterocycles. The summed E-state index contributed by atoms with van der Waals surface area (Å²) in [7, 11) is 0. The molecule has 1 unspecified atom stereocenters. The molecular weight excluding hydrogens is 997 g/mol. The molecule has 1 atom stereocenters. The molecule has 0 aliphatic heterocycles. The number of hydrogen-bond donors (Lipinski definition) is 0. The van der Waals surface area contributed by atoms with Crippen LogP contribution in [0, 0.1) is 0 Å². The Morgan fingerprint density at radius 3 is 0.617 bits per heavy atom. The summed E-state index contributed by atoms with van der Waals surface area (Å²) in [6, 6.07) is 0. The second-order valence-electron chi connectivity index (χ2n) is 25.6. The van der Waals surface area contributed by atoms with Crippen LogP contribution in [0.5, 0.6) is 0 Å². The highest BCUT2D eigenvalue weighted by molar-refractivity contribution is 5.71. The van der Waals surface area contributed by atoms with Crippen molar-refractivity contribution in [2.75, 3.05) is 13.2 Å². The molecule has 0 aromatic carbocycles. The molecule has 0 aromatic heterocycles. The van der Waals surface area contributed by atoms with Crippen molar-refractivity contribution in [2.45, 2.75) is 438 Å².